The minimum absolute atomic E-state index is 0.0134. The molecule has 0 aromatic heterocycles. The third-order valence-corrected chi connectivity index (χ3v) is 6.33. The van der Waals surface area contributed by atoms with E-state index in [1.807, 2.05) is 24.1 Å². The fourth-order valence-corrected chi connectivity index (χ4v) is 4.74. The van der Waals surface area contributed by atoms with Crippen molar-refractivity contribution in [2.75, 3.05) is 37.7 Å². The van der Waals surface area contributed by atoms with Crippen LogP contribution >= 0.6 is 0 Å². The van der Waals surface area contributed by atoms with Crippen molar-refractivity contribution in [2.24, 2.45) is 0 Å². The van der Waals surface area contributed by atoms with Gasteiger partial charge in [0.15, 0.2) is 0 Å². The lowest BCUT2D eigenvalue weighted by molar-refractivity contribution is -0.890. The first-order chi connectivity index (χ1) is 14.2. The number of aryl methyl sites for hydroxylation is 1. The number of sulfonamides is 1. The molecule has 1 atom stereocenters. The van der Waals surface area contributed by atoms with Gasteiger partial charge in [-0.3, -0.25) is 9.52 Å². The van der Waals surface area contributed by atoms with Gasteiger partial charge >= 0.3 is 0 Å². The molecule has 1 unspecified atom stereocenters. The summed E-state index contributed by atoms with van der Waals surface area (Å²) in [6.07, 6.45) is 3.73. The third-order valence-electron chi connectivity index (χ3n) is 5.73. The van der Waals surface area contributed by atoms with Crippen LogP contribution in [0.2, 0.25) is 0 Å². The van der Waals surface area contributed by atoms with Crippen molar-refractivity contribution >= 4 is 21.6 Å². The number of carbonyl (C=O) groups is 1. The summed E-state index contributed by atoms with van der Waals surface area (Å²) in [6.45, 7) is 5.24. The molecule has 1 heterocycles. The number of benzene rings is 2. The van der Waals surface area contributed by atoms with Gasteiger partial charge in [-0.15, -0.1) is 0 Å². The summed E-state index contributed by atoms with van der Waals surface area (Å²) in [5, 5.41) is 0. The molecular weight excluding hydrogens is 398 g/mol. The van der Waals surface area contributed by atoms with Crippen LogP contribution in [0.5, 0.6) is 0 Å². The number of para-hydroxylation sites is 1. The quantitative estimate of drug-likeness (QED) is 0.671. The largest absolute Gasteiger partial charge is 0.333 e. The molecular formula is C23H32N3O3S+. The lowest BCUT2D eigenvalue weighted by atomic mass is 10.0. The zero-order valence-electron chi connectivity index (χ0n) is 18.0. The van der Waals surface area contributed by atoms with Crippen molar-refractivity contribution in [3.8, 4) is 0 Å². The number of nitrogens with one attached hydrogen (secondary N) is 2. The summed E-state index contributed by atoms with van der Waals surface area (Å²) >= 11 is 0. The number of nitrogens with zero attached hydrogens (tertiary/aromatic N) is 1. The fourth-order valence-electron chi connectivity index (χ4n) is 4.14. The highest BCUT2D eigenvalue weighted by Crippen LogP contribution is 2.23. The predicted molar refractivity (Wildman–Crippen MR) is 120 cm³/mol. The molecule has 0 radical (unpaired) electrons. The maximum absolute atomic E-state index is 13.2. The first kappa shape index (κ1) is 22.3. The Morgan fingerprint density at radius 1 is 1.13 bits per heavy atom. The number of carbonyl (C=O) groups excluding carboxylic acids is 1. The van der Waals surface area contributed by atoms with Crippen LogP contribution in [0.3, 0.4) is 0 Å². The molecule has 1 saturated heterocycles. The molecule has 6 nitrogen and oxygen atoms in total. The molecule has 0 bridgehead atoms. The van der Waals surface area contributed by atoms with E-state index in [2.05, 4.69) is 29.8 Å². The maximum atomic E-state index is 13.2. The van der Waals surface area contributed by atoms with Gasteiger partial charge in [0.05, 0.1) is 31.5 Å². The highest BCUT2D eigenvalue weighted by atomic mass is 32.2. The zero-order valence-corrected chi connectivity index (χ0v) is 18.8. The fraction of sp³-hybridized carbons (Fsp3) is 0.435. The Labute approximate surface area is 179 Å². The van der Waals surface area contributed by atoms with Crippen LogP contribution in [0.15, 0.2) is 48.5 Å². The number of anilines is 1. The van der Waals surface area contributed by atoms with Crippen molar-refractivity contribution in [1.82, 2.24) is 4.90 Å². The van der Waals surface area contributed by atoms with E-state index in [4.69, 9.17) is 0 Å². The Balaban J connectivity index is 1.82. The Kier molecular flexibility index (Phi) is 7.15. The van der Waals surface area contributed by atoms with E-state index >= 15 is 0 Å². The molecule has 2 N–H and O–H groups in total. The Morgan fingerprint density at radius 2 is 1.83 bits per heavy atom. The van der Waals surface area contributed by atoms with Crippen LogP contribution in [-0.2, 0) is 21.2 Å². The molecule has 162 valence electrons. The molecule has 1 aliphatic rings. The van der Waals surface area contributed by atoms with Crippen LogP contribution in [-0.4, -0.2) is 52.2 Å². The number of amides is 1. The summed E-state index contributed by atoms with van der Waals surface area (Å²) in [6, 6.07) is 15.4. The summed E-state index contributed by atoms with van der Waals surface area (Å²) in [4.78, 5) is 16.6. The van der Waals surface area contributed by atoms with Gasteiger partial charge in [0, 0.05) is 19.9 Å². The van der Waals surface area contributed by atoms with Crippen LogP contribution in [0.4, 0.5) is 5.69 Å². The van der Waals surface area contributed by atoms with E-state index in [1.165, 1.54) is 23.3 Å². The van der Waals surface area contributed by atoms with Crippen LogP contribution in [0.1, 0.15) is 35.6 Å². The Morgan fingerprint density at radius 3 is 2.50 bits per heavy atom. The standard InChI is InChI=1S/C23H31N3O3S/c1-18-9-8-11-20(15-18)22(17-26-13-6-7-14-26)25(2)23(27)16-19-10-4-5-12-21(19)24-30(3,28)29/h4-5,8-12,15,22,24H,6-7,13-14,16-17H2,1-3H3/p+1. The van der Waals surface area contributed by atoms with E-state index in [0.717, 1.165) is 31.5 Å². The second kappa shape index (κ2) is 9.62. The van der Waals surface area contributed by atoms with E-state index in [9.17, 15) is 13.2 Å². The van der Waals surface area contributed by atoms with Gasteiger partial charge in [-0.1, -0.05) is 48.0 Å². The zero-order chi connectivity index (χ0) is 21.7. The summed E-state index contributed by atoms with van der Waals surface area (Å²) in [5.74, 6) is -0.0251. The molecule has 0 aliphatic carbocycles. The first-order valence-corrected chi connectivity index (χ1v) is 12.3. The maximum Gasteiger partial charge on any atom is 0.229 e. The molecule has 0 spiro atoms. The average Bonchev–Trinajstić information content (AvgIpc) is 3.19. The molecule has 1 aliphatic heterocycles. The highest BCUT2D eigenvalue weighted by molar-refractivity contribution is 7.92. The Bertz CT molecular complexity index is 985. The van der Waals surface area contributed by atoms with Crippen LogP contribution < -0.4 is 9.62 Å². The lowest BCUT2D eigenvalue weighted by Gasteiger charge is -2.30. The van der Waals surface area contributed by atoms with Crippen molar-refractivity contribution < 1.29 is 18.1 Å². The lowest BCUT2D eigenvalue weighted by Crippen LogP contribution is -3.10. The number of likely N-dealkylation sites (tertiary alicyclic amines) is 1. The van der Waals surface area contributed by atoms with Gasteiger partial charge < -0.3 is 9.80 Å². The van der Waals surface area contributed by atoms with Crippen molar-refractivity contribution in [1.29, 1.82) is 0 Å². The summed E-state index contributed by atoms with van der Waals surface area (Å²) < 4.78 is 25.9. The second-order valence-corrected chi connectivity index (χ2v) is 10.1. The van der Waals surface area contributed by atoms with Crippen molar-refractivity contribution in [3.05, 3.63) is 65.2 Å². The molecule has 3 rings (SSSR count). The molecule has 2 aromatic rings. The van der Waals surface area contributed by atoms with Crippen LogP contribution in [0, 0.1) is 6.92 Å². The van der Waals surface area contributed by atoms with Gasteiger partial charge in [-0.2, -0.15) is 0 Å². The smallest absolute Gasteiger partial charge is 0.229 e. The van der Waals surface area contributed by atoms with Crippen molar-refractivity contribution in [3.63, 3.8) is 0 Å². The highest BCUT2D eigenvalue weighted by Gasteiger charge is 2.28. The molecule has 7 heteroatoms. The molecule has 1 amide bonds. The topological polar surface area (TPSA) is 70.9 Å². The first-order valence-electron chi connectivity index (χ1n) is 10.4. The molecule has 0 saturated carbocycles. The van der Waals surface area contributed by atoms with Gasteiger partial charge in [-0.05, 0) is 24.1 Å². The number of quaternary nitrogens is 1. The molecule has 2 aromatic carbocycles. The van der Waals surface area contributed by atoms with E-state index in [-0.39, 0.29) is 18.4 Å². The predicted octanol–water partition coefficient (Wildman–Crippen LogP) is 1.79. The molecule has 1 fully saturated rings. The number of likely N-dealkylation sites (N-methyl/N-ethyl adjacent to an activating group) is 1. The minimum Gasteiger partial charge on any atom is -0.333 e. The Hall–Kier alpha value is -2.38. The normalized spacial score (nSPS) is 15.7. The monoisotopic (exact) mass is 430 g/mol. The van der Waals surface area contributed by atoms with Gasteiger partial charge in [0.25, 0.3) is 0 Å². The number of hydrogen-bond acceptors (Lipinski definition) is 3. The SMILES string of the molecule is Cc1cccc(C(C[NH+]2CCCC2)N(C)C(=O)Cc2ccccc2NS(C)(=O)=O)c1. The minimum atomic E-state index is -3.41. The third kappa shape index (κ3) is 6.06. The van der Waals surface area contributed by atoms with Crippen LogP contribution in [0.25, 0.3) is 0 Å². The van der Waals surface area contributed by atoms with Gasteiger partial charge in [0.2, 0.25) is 15.9 Å². The van der Waals surface area contributed by atoms with E-state index in [0.29, 0.717) is 11.3 Å². The second-order valence-electron chi connectivity index (χ2n) is 8.30. The summed E-state index contributed by atoms with van der Waals surface area (Å²) in [7, 11) is -1.56. The van der Waals surface area contributed by atoms with E-state index in [1.54, 1.807) is 18.2 Å². The number of hydrogen-bond donors (Lipinski definition) is 2. The average molecular weight is 431 g/mol. The van der Waals surface area contributed by atoms with Gasteiger partial charge in [0.1, 0.15) is 12.6 Å². The van der Waals surface area contributed by atoms with E-state index < -0.39 is 10.0 Å². The van der Waals surface area contributed by atoms with Gasteiger partial charge in [-0.25, -0.2) is 8.42 Å². The number of rotatable bonds is 8. The molecule has 30 heavy (non-hydrogen) atoms. The van der Waals surface area contributed by atoms with Crippen molar-refractivity contribution in [2.45, 2.75) is 32.2 Å². The summed E-state index contributed by atoms with van der Waals surface area (Å²) in [5.41, 5.74) is 3.46.